The summed E-state index contributed by atoms with van der Waals surface area (Å²) in [5.41, 5.74) is 0.708. The van der Waals surface area contributed by atoms with E-state index < -0.39 is 35.0 Å². The van der Waals surface area contributed by atoms with Crippen molar-refractivity contribution in [2.75, 3.05) is 11.9 Å². The fourth-order valence-corrected chi connectivity index (χ4v) is 3.45. The van der Waals surface area contributed by atoms with Gasteiger partial charge in [-0.2, -0.15) is 13.2 Å². The van der Waals surface area contributed by atoms with Crippen LogP contribution in [0.4, 0.5) is 18.9 Å². The number of alkyl halides is 3. The fourth-order valence-electron chi connectivity index (χ4n) is 3.45. The molecular formula is C20H19F3N2O2. The van der Waals surface area contributed by atoms with Crippen molar-refractivity contribution in [1.29, 1.82) is 0 Å². The summed E-state index contributed by atoms with van der Waals surface area (Å²) >= 11 is 0. The van der Waals surface area contributed by atoms with Crippen molar-refractivity contribution in [1.82, 2.24) is 4.57 Å². The van der Waals surface area contributed by atoms with Crippen molar-refractivity contribution in [2.45, 2.75) is 32.0 Å². The highest BCUT2D eigenvalue weighted by Crippen LogP contribution is 2.46. The number of benzene rings is 1. The summed E-state index contributed by atoms with van der Waals surface area (Å²) < 4.78 is 39.3. The molecule has 7 heteroatoms. The van der Waals surface area contributed by atoms with Crippen LogP contribution in [0.25, 0.3) is 0 Å². The molecule has 0 amide bonds. The van der Waals surface area contributed by atoms with E-state index in [1.54, 1.807) is 0 Å². The minimum absolute atomic E-state index is 0.431. The second kappa shape index (κ2) is 6.40. The van der Waals surface area contributed by atoms with Crippen LogP contribution in [0.5, 0.6) is 0 Å². The van der Waals surface area contributed by atoms with Crippen molar-refractivity contribution in [2.24, 2.45) is 0 Å². The first-order valence-corrected chi connectivity index (χ1v) is 8.38. The lowest BCUT2D eigenvalue weighted by Crippen LogP contribution is -2.27. The van der Waals surface area contributed by atoms with Gasteiger partial charge < -0.3 is 9.47 Å². The Bertz CT molecular complexity index is 987. The highest BCUT2D eigenvalue weighted by atomic mass is 19.4. The Kier molecular flexibility index (Phi) is 4.49. The SMILES string of the molecule is CN1/C(=C\C(=O)Cn2cc(C(F)(F)F)ccc2=O)C(C)(C)c2ccccc21. The number of carbonyl (C=O) groups is 1. The first-order valence-electron chi connectivity index (χ1n) is 8.38. The molecule has 2 heterocycles. The molecule has 0 unspecified atom stereocenters. The van der Waals surface area contributed by atoms with E-state index in [2.05, 4.69) is 0 Å². The van der Waals surface area contributed by atoms with Gasteiger partial charge in [0.2, 0.25) is 0 Å². The predicted octanol–water partition coefficient (Wildman–Crippen LogP) is 3.75. The number of anilines is 1. The minimum Gasteiger partial charge on any atom is -0.347 e. The largest absolute Gasteiger partial charge is 0.417 e. The van der Waals surface area contributed by atoms with E-state index >= 15 is 0 Å². The van der Waals surface area contributed by atoms with Gasteiger partial charge in [0.05, 0.1) is 12.1 Å². The topological polar surface area (TPSA) is 42.3 Å². The van der Waals surface area contributed by atoms with Crippen LogP contribution in [0.3, 0.4) is 0 Å². The lowest BCUT2D eigenvalue weighted by molar-refractivity contribution is -0.138. The van der Waals surface area contributed by atoms with Gasteiger partial charge in [-0.15, -0.1) is 0 Å². The van der Waals surface area contributed by atoms with Crippen molar-refractivity contribution in [3.8, 4) is 0 Å². The zero-order chi connectivity index (χ0) is 20.0. The van der Waals surface area contributed by atoms with Crippen LogP contribution in [0.15, 0.2) is 59.2 Å². The lowest BCUT2D eigenvalue weighted by atomic mass is 9.83. The van der Waals surface area contributed by atoms with Crippen LogP contribution in [0, 0.1) is 0 Å². The number of aromatic nitrogens is 1. The van der Waals surface area contributed by atoms with Crippen molar-refractivity contribution in [3.63, 3.8) is 0 Å². The number of nitrogens with zero attached hydrogens (tertiary/aromatic N) is 2. The van der Waals surface area contributed by atoms with Crippen molar-refractivity contribution >= 4 is 11.5 Å². The van der Waals surface area contributed by atoms with Gasteiger partial charge in [-0.1, -0.05) is 32.0 Å². The number of halogens is 3. The van der Waals surface area contributed by atoms with E-state index in [0.717, 1.165) is 27.6 Å². The molecule has 0 fully saturated rings. The average Bonchev–Trinajstić information content (AvgIpc) is 2.77. The molecule has 0 atom stereocenters. The smallest absolute Gasteiger partial charge is 0.347 e. The van der Waals surface area contributed by atoms with Gasteiger partial charge in [0, 0.05) is 42.2 Å². The minimum atomic E-state index is -4.58. The Morgan fingerprint density at radius 3 is 2.44 bits per heavy atom. The molecule has 0 aliphatic carbocycles. The van der Waals surface area contributed by atoms with E-state index in [9.17, 15) is 22.8 Å². The maximum Gasteiger partial charge on any atom is 0.417 e. The number of ketones is 1. The van der Waals surface area contributed by atoms with Crippen LogP contribution < -0.4 is 10.5 Å². The molecular weight excluding hydrogens is 357 g/mol. The van der Waals surface area contributed by atoms with E-state index in [0.29, 0.717) is 12.3 Å². The van der Waals surface area contributed by atoms with E-state index in [4.69, 9.17) is 0 Å². The number of pyridine rings is 1. The molecule has 0 radical (unpaired) electrons. The van der Waals surface area contributed by atoms with Gasteiger partial charge in [-0.05, 0) is 17.7 Å². The van der Waals surface area contributed by atoms with Crippen molar-refractivity contribution in [3.05, 3.63) is 75.8 Å². The number of hydrogen-bond donors (Lipinski definition) is 0. The highest BCUT2D eigenvalue weighted by Gasteiger charge is 2.38. The maximum absolute atomic E-state index is 12.9. The number of hydrogen-bond acceptors (Lipinski definition) is 3. The van der Waals surface area contributed by atoms with Gasteiger partial charge in [-0.3, -0.25) is 9.59 Å². The fraction of sp³-hybridized carbons (Fsp3) is 0.300. The molecule has 4 nitrogen and oxygen atoms in total. The van der Waals surface area contributed by atoms with E-state index in [-0.39, 0.29) is 0 Å². The van der Waals surface area contributed by atoms with Gasteiger partial charge in [0.15, 0.2) is 5.78 Å². The van der Waals surface area contributed by atoms with E-state index in [1.165, 1.54) is 6.08 Å². The van der Waals surface area contributed by atoms with Gasteiger partial charge in [0.1, 0.15) is 0 Å². The number of fused-ring (bicyclic) bond motifs is 1. The zero-order valence-corrected chi connectivity index (χ0v) is 15.2. The van der Waals surface area contributed by atoms with E-state index in [1.807, 2.05) is 50.1 Å². The Morgan fingerprint density at radius 1 is 1.15 bits per heavy atom. The summed E-state index contributed by atoms with van der Waals surface area (Å²) in [5, 5.41) is 0. The van der Waals surface area contributed by atoms with Gasteiger partial charge in [-0.25, -0.2) is 0 Å². The molecule has 1 aliphatic rings. The Balaban J connectivity index is 1.92. The molecule has 0 saturated heterocycles. The third kappa shape index (κ3) is 3.41. The lowest BCUT2D eigenvalue weighted by Gasteiger charge is -2.24. The Hall–Kier alpha value is -2.83. The summed E-state index contributed by atoms with van der Waals surface area (Å²) in [6.07, 6.45) is -2.49. The molecule has 0 bridgehead atoms. The van der Waals surface area contributed by atoms with Crippen LogP contribution in [0.1, 0.15) is 25.0 Å². The molecule has 142 valence electrons. The maximum atomic E-state index is 12.9. The number of rotatable bonds is 3. The first-order chi connectivity index (χ1) is 12.5. The quantitative estimate of drug-likeness (QED) is 0.767. The molecule has 1 aliphatic heterocycles. The Morgan fingerprint density at radius 2 is 1.81 bits per heavy atom. The molecule has 1 aromatic carbocycles. The number of para-hydroxylation sites is 1. The summed E-state index contributed by atoms with van der Waals surface area (Å²) in [4.78, 5) is 26.3. The van der Waals surface area contributed by atoms with Gasteiger partial charge in [0.25, 0.3) is 5.56 Å². The van der Waals surface area contributed by atoms with Crippen LogP contribution in [-0.4, -0.2) is 17.4 Å². The first kappa shape index (κ1) is 18.9. The number of allylic oxidation sites excluding steroid dienone is 2. The van der Waals surface area contributed by atoms with Crippen LogP contribution in [-0.2, 0) is 22.9 Å². The summed E-state index contributed by atoms with van der Waals surface area (Å²) in [6.45, 7) is 3.50. The van der Waals surface area contributed by atoms with Crippen LogP contribution in [0.2, 0.25) is 0 Å². The molecule has 0 spiro atoms. The highest BCUT2D eigenvalue weighted by molar-refractivity contribution is 5.92. The predicted molar refractivity (Wildman–Crippen MR) is 96.7 cm³/mol. The average molecular weight is 376 g/mol. The number of likely N-dealkylation sites (N-methyl/N-ethyl adjacent to an activating group) is 1. The molecule has 3 rings (SSSR count). The molecule has 1 aromatic heterocycles. The zero-order valence-electron chi connectivity index (χ0n) is 15.2. The summed E-state index contributed by atoms with van der Waals surface area (Å²) in [7, 11) is 1.84. The Labute approximate surface area is 154 Å². The summed E-state index contributed by atoms with van der Waals surface area (Å²) in [5.74, 6) is -0.445. The second-order valence-corrected chi connectivity index (χ2v) is 7.08. The van der Waals surface area contributed by atoms with Gasteiger partial charge >= 0.3 is 6.18 Å². The monoisotopic (exact) mass is 376 g/mol. The summed E-state index contributed by atoms with van der Waals surface area (Å²) in [6, 6.07) is 9.28. The standard InChI is InChI=1S/C20H19F3N2O2/c1-19(2)15-6-4-5-7-16(15)24(3)17(19)10-14(26)12-25-11-13(20(21,22)23)8-9-18(25)27/h4-11H,12H2,1-3H3/b17-10-. The molecule has 0 saturated carbocycles. The van der Waals surface area contributed by atoms with Crippen molar-refractivity contribution < 1.29 is 18.0 Å². The molecule has 27 heavy (non-hydrogen) atoms. The molecule has 0 N–H and O–H groups in total. The third-order valence-corrected chi connectivity index (χ3v) is 4.88. The van der Waals surface area contributed by atoms with Crippen LogP contribution >= 0.6 is 0 Å². The number of carbonyl (C=O) groups excluding carboxylic acids is 1. The second-order valence-electron chi connectivity index (χ2n) is 7.08. The normalized spacial score (nSPS) is 17.3. The molecule has 2 aromatic rings. The third-order valence-electron chi connectivity index (χ3n) is 4.88.